The smallest absolute Gasteiger partial charge is 0.0473 e. The van der Waals surface area contributed by atoms with E-state index in [9.17, 15) is 0 Å². The van der Waals surface area contributed by atoms with Crippen LogP contribution in [-0.2, 0) is 0 Å². The van der Waals surface area contributed by atoms with Gasteiger partial charge in [-0.1, -0.05) is 36.6 Å². The zero-order valence-corrected chi connectivity index (χ0v) is 12.9. The highest BCUT2D eigenvalue weighted by molar-refractivity contribution is 6.30. The number of benzene rings is 1. The average Bonchev–Trinajstić information content (AvgIpc) is 2.50. The van der Waals surface area contributed by atoms with Crippen molar-refractivity contribution in [3.63, 3.8) is 0 Å². The van der Waals surface area contributed by atoms with Crippen molar-refractivity contribution in [3.05, 3.63) is 34.9 Å². The number of likely N-dealkylation sites (tertiary alicyclic amines) is 1. The zero-order valence-electron chi connectivity index (χ0n) is 12.1. The number of hydrogen-bond donors (Lipinski definition) is 1. The first-order chi connectivity index (χ1) is 9.79. The van der Waals surface area contributed by atoms with Crippen LogP contribution in [0.15, 0.2) is 24.3 Å². The normalized spacial score (nSPS) is 28.9. The van der Waals surface area contributed by atoms with Gasteiger partial charge in [-0.15, -0.1) is 0 Å². The van der Waals surface area contributed by atoms with Gasteiger partial charge in [-0.25, -0.2) is 0 Å². The van der Waals surface area contributed by atoms with Gasteiger partial charge in [-0.3, -0.25) is 4.90 Å². The van der Waals surface area contributed by atoms with Crippen LogP contribution in [0.25, 0.3) is 0 Å². The molecule has 1 aromatic carbocycles. The highest BCUT2D eigenvalue weighted by Gasteiger charge is 2.36. The molecular weight excluding hydrogens is 268 g/mol. The molecule has 0 spiro atoms. The number of halogens is 1. The van der Waals surface area contributed by atoms with Gasteiger partial charge in [0.2, 0.25) is 0 Å². The molecular formula is C17H25ClN2. The van der Waals surface area contributed by atoms with Crippen LogP contribution in [0.5, 0.6) is 0 Å². The van der Waals surface area contributed by atoms with E-state index in [-0.39, 0.29) is 0 Å². The van der Waals surface area contributed by atoms with E-state index in [0.717, 1.165) is 17.0 Å². The second-order valence-corrected chi connectivity index (χ2v) is 6.73. The third-order valence-corrected chi connectivity index (χ3v) is 5.42. The second kappa shape index (κ2) is 6.46. The fraction of sp³-hybridized carbons (Fsp3) is 0.647. The van der Waals surface area contributed by atoms with E-state index in [2.05, 4.69) is 17.0 Å². The highest BCUT2D eigenvalue weighted by Crippen LogP contribution is 2.39. The maximum absolute atomic E-state index is 6.12. The summed E-state index contributed by atoms with van der Waals surface area (Å²) in [4.78, 5) is 2.69. The number of fused-ring (bicyclic) bond motifs is 1. The summed E-state index contributed by atoms with van der Waals surface area (Å²) in [7, 11) is 0. The third-order valence-electron chi connectivity index (χ3n) is 5.16. The highest BCUT2D eigenvalue weighted by atomic mass is 35.5. The lowest BCUT2D eigenvalue weighted by Crippen LogP contribution is -2.49. The Morgan fingerprint density at radius 2 is 1.80 bits per heavy atom. The minimum Gasteiger partial charge on any atom is -0.329 e. The van der Waals surface area contributed by atoms with Gasteiger partial charge in [-0.2, -0.15) is 0 Å². The minimum absolute atomic E-state index is 0.359. The van der Waals surface area contributed by atoms with E-state index < -0.39 is 0 Å². The molecule has 1 heterocycles. The number of nitrogens with two attached hydrogens (primary N) is 1. The van der Waals surface area contributed by atoms with Crippen LogP contribution in [0.2, 0.25) is 5.02 Å². The quantitative estimate of drug-likeness (QED) is 0.912. The summed E-state index contributed by atoms with van der Waals surface area (Å²) >= 11 is 6.01. The van der Waals surface area contributed by atoms with Crippen LogP contribution in [0.1, 0.15) is 50.1 Å². The van der Waals surface area contributed by atoms with Crippen LogP contribution in [0.4, 0.5) is 0 Å². The second-order valence-electron chi connectivity index (χ2n) is 6.29. The summed E-state index contributed by atoms with van der Waals surface area (Å²) in [5.41, 5.74) is 7.44. The molecule has 2 fully saturated rings. The van der Waals surface area contributed by atoms with Gasteiger partial charge in [0.05, 0.1) is 0 Å². The van der Waals surface area contributed by atoms with Gasteiger partial charge in [-0.05, 0) is 55.8 Å². The van der Waals surface area contributed by atoms with Gasteiger partial charge in [0, 0.05) is 23.7 Å². The minimum atomic E-state index is 0.359. The summed E-state index contributed by atoms with van der Waals surface area (Å²) in [5.74, 6) is 0.902. The van der Waals surface area contributed by atoms with Gasteiger partial charge < -0.3 is 5.73 Å². The first kappa shape index (κ1) is 14.4. The Balaban J connectivity index is 1.82. The molecule has 2 aliphatic rings. The molecule has 3 rings (SSSR count). The van der Waals surface area contributed by atoms with Crippen molar-refractivity contribution in [2.45, 2.75) is 50.6 Å². The summed E-state index contributed by atoms with van der Waals surface area (Å²) in [6.45, 7) is 1.90. The van der Waals surface area contributed by atoms with E-state index in [1.165, 1.54) is 50.6 Å². The average molecular weight is 293 g/mol. The van der Waals surface area contributed by atoms with Gasteiger partial charge in [0.1, 0.15) is 0 Å². The molecule has 1 aliphatic carbocycles. The number of rotatable bonds is 3. The molecule has 1 aliphatic heterocycles. The van der Waals surface area contributed by atoms with Crippen molar-refractivity contribution in [1.82, 2.24) is 4.90 Å². The molecule has 2 N–H and O–H groups in total. The van der Waals surface area contributed by atoms with Crippen LogP contribution in [0, 0.1) is 5.92 Å². The van der Waals surface area contributed by atoms with E-state index in [1.807, 2.05) is 12.1 Å². The standard InChI is InChI=1S/C17H25ClN2/c18-15-9-7-14(8-10-15)17(12-19)20-11-3-5-13-4-1-2-6-16(13)20/h7-10,13,16-17H,1-6,11-12,19H2. The van der Waals surface area contributed by atoms with Crippen molar-refractivity contribution in [2.75, 3.05) is 13.1 Å². The Morgan fingerprint density at radius 1 is 1.10 bits per heavy atom. The topological polar surface area (TPSA) is 29.3 Å². The Bertz CT molecular complexity index is 429. The molecule has 20 heavy (non-hydrogen) atoms. The Kier molecular flexibility index (Phi) is 4.65. The van der Waals surface area contributed by atoms with Gasteiger partial charge in [0.25, 0.3) is 0 Å². The fourth-order valence-corrected chi connectivity index (χ4v) is 4.32. The largest absolute Gasteiger partial charge is 0.329 e. The van der Waals surface area contributed by atoms with Crippen LogP contribution in [0.3, 0.4) is 0 Å². The lowest BCUT2D eigenvalue weighted by Gasteiger charge is -2.47. The summed E-state index contributed by atoms with van der Waals surface area (Å²) in [5, 5.41) is 0.804. The predicted octanol–water partition coefficient (Wildman–Crippen LogP) is 3.99. The van der Waals surface area contributed by atoms with Crippen molar-refractivity contribution in [3.8, 4) is 0 Å². The number of hydrogen-bond acceptors (Lipinski definition) is 2. The molecule has 0 bridgehead atoms. The molecule has 0 radical (unpaired) electrons. The lowest BCUT2D eigenvalue weighted by molar-refractivity contribution is 0.0276. The third kappa shape index (κ3) is 2.88. The zero-order chi connectivity index (χ0) is 13.9. The monoisotopic (exact) mass is 292 g/mol. The van der Waals surface area contributed by atoms with Crippen LogP contribution >= 0.6 is 11.6 Å². The number of piperidine rings is 1. The lowest BCUT2D eigenvalue weighted by atomic mass is 9.77. The Morgan fingerprint density at radius 3 is 2.55 bits per heavy atom. The molecule has 3 heteroatoms. The van der Waals surface area contributed by atoms with Crippen molar-refractivity contribution in [1.29, 1.82) is 0 Å². The van der Waals surface area contributed by atoms with Crippen molar-refractivity contribution >= 4 is 11.6 Å². The summed E-state index contributed by atoms with van der Waals surface area (Å²) in [6.07, 6.45) is 8.32. The molecule has 2 nitrogen and oxygen atoms in total. The van der Waals surface area contributed by atoms with Gasteiger partial charge in [0.15, 0.2) is 0 Å². The molecule has 3 atom stereocenters. The molecule has 1 aromatic rings. The predicted molar refractivity (Wildman–Crippen MR) is 84.9 cm³/mol. The molecule has 3 unspecified atom stereocenters. The fourth-order valence-electron chi connectivity index (χ4n) is 4.20. The molecule has 1 saturated carbocycles. The molecule has 0 aromatic heterocycles. The number of nitrogens with zero attached hydrogens (tertiary/aromatic N) is 1. The first-order valence-electron chi connectivity index (χ1n) is 8.01. The van der Waals surface area contributed by atoms with Crippen molar-refractivity contribution in [2.24, 2.45) is 11.7 Å². The molecule has 110 valence electrons. The Labute approximate surface area is 127 Å². The Hall–Kier alpha value is -0.570. The first-order valence-corrected chi connectivity index (χ1v) is 8.38. The van der Waals surface area contributed by atoms with Crippen molar-refractivity contribution < 1.29 is 0 Å². The maximum Gasteiger partial charge on any atom is 0.0473 e. The van der Waals surface area contributed by atoms with E-state index in [0.29, 0.717) is 12.6 Å². The van der Waals surface area contributed by atoms with E-state index in [4.69, 9.17) is 17.3 Å². The summed E-state index contributed by atoms with van der Waals surface area (Å²) in [6, 6.07) is 9.38. The maximum atomic E-state index is 6.12. The molecule has 1 saturated heterocycles. The summed E-state index contributed by atoms with van der Waals surface area (Å²) < 4.78 is 0. The van der Waals surface area contributed by atoms with E-state index >= 15 is 0 Å². The van der Waals surface area contributed by atoms with Crippen LogP contribution in [-0.4, -0.2) is 24.0 Å². The van der Waals surface area contributed by atoms with E-state index in [1.54, 1.807) is 0 Å². The molecule has 0 amide bonds. The van der Waals surface area contributed by atoms with Crippen LogP contribution < -0.4 is 5.73 Å². The SMILES string of the molecule is NCC(c1ccc(Cl)cc1)N1CCCC2CCCCC21. The van der Waals surface area contributed by atoms with Gasteiger partial charge >= 0.3 is 0 Å².